The molecule has 2 aliphatic carbocycles. The summed E-state index contributed by atoms with van der Waals surface area (Å²) in [6.07, 6.45) is 15.1. The van der Waals surface area contributed by atoms with Crippen molar-refractivity contribution in [1.82, 2.24) is 4.98 Å². The smallest absolute Gasteiger partial charge is 0.0734 e. The highest BCUT2D eigenvalue weighted by atomic mass is 79.9. The SMILES string of the molecule is CC/C(C)=C(\CC)N(CC(C)(CC)COC(C)(C)C1CCC1)c1c(C)cnc2cc(Br)ccc12.CCC1CCC1. The second-order valence-corrected chi connectivity index (χ2v) is 14.3. The number of aromatic nitrogens is 1. The monoisotopic (exact) mass is 612 g/mol. The lowest BCUT2D eigenvalue weighted by atomic mass is 9.74. The van der Waals surface area contributed by atoms with E-state index in [1.165, 1.54) is 72.9 Å². The summed E-state index contributed by atoms with van der Waals surface area (Å²) in [7, 11) is 0. The first kappa shape index (κ1) is 33.1. The fourth-order valence-corrected chi connectivity index (χ4v) is 6.32. The molecule has 4 rings (SSSR count). The van der Waals surface area contributed by atoms with Gasteiger partial charge < -0.3 is 9.64 Å². The summed E-state index contributed by atoms with van der Waals surface area (Å²) < 4.78 is 7.76. The quantitative estimate of drug-likeness (QED) is 0.238. The van der Waals surface area contributed by atoms with Gasteiger partial charge in [0.25, 0.3) is 0 Å². The Morgan fingerprint density at radius 2 is 1.70 bits per heavy atom. The normalized spacial score (nSPS) is 18.2. The molecular weight excluding hydrogens is 556 g/mol. The maximum Gasteiger partial charge on any atom is 0.0734 e. The number of nitrogens with zero attached hydrogens (tertiary/aromatic N) is 2. The number of fused-ring (bicyclic) bond motifs is 1. The molecule has 1 unspecified atom stereocenters. The lowest BCUT2D eigenvalue weighted by molar-refractivity contribution is -0.109. The molecule has 4 heteroatoms. The van der Waals surface area contributed by atoms with Crippen molar-refractivity contribution in [1.29, 1.82) is 0 Å². The van der Waals surface area contributed by atoms with E-state index in [2.05, 4.69) is 101 Å². The van der Waals surface area contributed by atoms with Crippen molar-refractivity contribution in [3.8, 4) is 0 Å². The molecule has 1 heterocycles. The van der Waals surface area contributed by atoms with Gasteiger partial charge in [-0.15, -0.1) is 0 Å². The van der Waals surface area contributed by atoms with Gasteiger partial charge >= 0.3 is 0 Å². The van der Waals surface area contributed by atoms with Crippen molar-refractivity contribution in [3.63, 3.8) is 0 Å². The van der Waals surface area contributed by atoms with Crippen LogP contribution in [0.25, 0.3) is 10.9 Å². The van der Waals surface area contributed by atoms with Crippen LogP contribution in [-0.4, -0.2) is 23.7 Å². The van der Waals surface area contributed by atoms with Gasteiger partial charge in [0.2, 0.25) is 0 Å². The van der Waals surface area contributed by atoms with Crippen molar-refractivity contribution in [2.24, 2.45) is 17.3 Å². The van der Waals surface area contributed by atoms with E-state index in [1.54, 1.807) is 0 Å². The molecule has 224 valence electrons. The molecule has 0 N–H and O–H groups in total. The Balaban J connectivity index is 0.000000649. The zero-order valence-corrected chi connectivity index (χ0v) is 28.7. The lowest BCUT2D eigenvalue weighted by Crippen LogP contribution is -2.44. The number of aryl methyl sites for hydroxylation is 1. The summed E-state index contributed by atoms with van der Waals surface area (Å²) in [5, 5.41) is 1.22. The largest absolute Gasteiger partial charge is 0.375 e. The Morgan fingerprint density at radius 1 is 1.02 bits per heavy atom. The van der Waals surface area contributed by atoms with Crippen molar-refractivity contribution in [2.75, 3.05) is 18.1 Å². The van der Waals surface area contributed by atoms with Crippen LogP contribution in [0.5, 0.6) is 0 Å². The van der Waals surface area contributed by atoms with E-state index in [1.807, 2.05) is 6.20 Å². The van der Waals surface area contributed by atoms with E-state index in [0.717, 1.165) is 48.3 Å². The average molecular weight is 614 g/mol. The summed E-state index contributed by atoms with van der Waals surface area (Å²) in [5.41, 5.74) is 6.42. The van der Waals surface area contributed by atoms with E-state index >= 15 is 0 Å². The van der Waals surface area contributed by atoms with Crippen molar-refractivity contribution < 1.29 is 4.74 Å². The molecule has 1 aromatic heterocycles. The predicted molar refractivity (Wildman–Crippen MR) is 178 cm³/mol. The molecule has 0 spiro atoms. The Bertz CT molecular complexity index is 1130. The van der Waals surface area contributed by atoms with Gasteiger partial charge in [0.1, 0.15) is 0 Å². The van der Waals surface area contributed by atoms with Crippen LogP contribution in [0.15, 0.2) is 40.1 Å². The summed E-state index contributed by atoms with van der Waals surface area (Å²) >= 11 is 3.63. The first-order valence-corrected chi connectivity index (χ1v) is 16.9. The summed E-state index contributed by atoms with van der Waals surface area (Å²) in [5.74, 6) is 1.81. The van der Waals surface area contributed by atoms with Crippen LogP contribution in [0.3, 0.4) is 0 Å². The van der Waals surface area contributed by atoms with Gasteiger partial charge in [0.15, 0.2) is 0 Å². The topological polar surface area (TPSA) is 25.4 Å². The number of allylic oxidation sites excluding steroid dienone is 2. The van der Waals surface area contributed by atoms with Crippen LogP contribution >= 0.6 is 15.9 Å². The minimum Gasteiger partial charge on any atom is -0.375 e. The van der Waals surface area contributed by atoms with Gasteiger partial charge in [-0.25, -0.2) is 0 Å². The standard InChI is InChI=1S/C30H45BrN2O.C6H12/c1-9-21(4)27(10-2)33(28-22(5)18-32-26-17-24(31)15-16-25(26)28)19-30(8,11-3)20-34-29(6,7)23-13-12-14-23;1-2-6-4-3-5-6/h15-18,23H,9-14,19-20H2,1-8H3;6H,2-5H2,1H3/b27-21+;. The Morgan fingerprint density at radius 3 is 2.17 bits per heavy atom. The molecule has 0 aliphatic heterocycles. The highest BCUT2D eigenvalue weighted by Crippen LogP contribution is 2.41. The molecule has 3 nitrogen and oxygen atoms in total. The van der Waals surface area contributed by atoms with Crippen molar-refractivity contribution in [2.45, 2.75) is 132 Å². The van der Waals surface area contributed by atoms with Gasteiger partial charge in [-0.2, -0.15) is 0 Å². The number of halogens is 1. The minimum absolute atomic E-state index is 0.0346. The second-order valence-electron chi connectivity index (χ2n) is 13.4. The third kappa shape index (κ3) is 8.12. The van der Waals surface area contributed by atoms with Crippen LogP contribution in [0.2, 0.25) is 0 Å². The third-order valence-corrected chi connectivity index (χ3v) is 10.5. The fraction of sp³-hybridized carbons (Fsp3) is 0.694. The van der Waals surface area contributed by atoms with Crippen LogP contribution < -0.4 is 4.90 Å². The second kappa shape index (κ2) is 14.7. The molecule has 0 amide bonds. The predicted octanol–water partition coefficient (Wildman–Crippen LogP) is 11.4. The van der Waals surface area contributed by atoms with Crippen molar-refractivity contribution >= 4 is 32.5 Å². The zero-order valence-electron chi connectivity index (χ0n) is 27.1. The lowest BCUT2D eigenvalue weighted by Gasteiger charge is -2.44. The minimum atomic E-state index is -0.0478. The molecule has 1 aromatic carbocycles. The van der Waals surface area contributed by atoms with E-state index < -0.39 is 0 Å². The van der Waals surface area contributed by atoms with E-state index in [-0.39, 0.29) is 11.0 Å². The van der Waals surface area contributed by atoms with Crippen molar-refractivity contribution in [3.05, 3.63) is 45.7 Å². The molecule has 1 atom stereocenters. The number of benzene rings is 1. The van der Waals surface area contributed by atoms with Gasteiger partial charge in [-0.1, -0.05) is 88.2 Å². The van der Waals surface area contributed by atoms with E-state index in [9.17, 15) is 0 Å². The number of pyridine rings is 1. The van der Waals surface area contributed by atoms with Gasteiger partial charge in [-0.3, -0.25) is 4.98 Å². The third-order valence-electron chi connectivity index (χ3n) is 10.0. The molecule has 0 radical (unpaired) electrons. The molecule has 2 aliphatic rings. The molecule has 2 aromatic rings. The van der Waals surface area contributed by atoms with Crippen LogP contribution in [0.1, 0.15) is 125 Å². The molecule has 0 saturated heterocycles. The number of anilines is 1. The first-order valence-electron chi connectivity index (χ1n) is 16.1. The summed E-state index contributed by atoms with van der Waals surface area (Å²) in [6.45, 7) is 22.3. The Labute approximate surface area is 254 Å². The van der Waals surface area contributed by atoms with Crippen LogP contribution in [-0.2, 0) is 4.74 Å². The van der Waals surface area contributed by atoms with Gasteiger partial charge in [0.05, 0.1) is 23.4 Å². The fourth-order valence-electron chi connectivity index (χ4n) is 5.97. The molecule has 2 saturated carbocycles. The van der Waals surface area contributed by atoms with Gasteiger partial charge in [0, 0.05) is 33.7 Å². The Hall–Kier alpha value is -1.39. The number of rotatable bonds is 12. The van der Waals surface area contributed by atoms with E-state index in [4.69, 9.17) is 9.72 Å². The van der Waals surface area contributed by atoms with Crippen LogP contribution in [0, 0.1) is 24.2 Å². The molecule has 40 heavy (non-hydrogen) atoms. The first-order chi connectivity index (χ1) is 19.0. The number of ether oxygens (including phenoxy) is 1. The maximum absolute atomic E-state index is 6.70. The highest BCUT2D eigenvalue weighted by Gasteiger charge is 2.38. The molecule has 0 bridgehead atoms. The summed E-state index contributed by atoms with van der Waals surface area (Å²) in [4.78, 5) is 7.36. The number of hydrogen-bond acceptors (Lipinski definition) is 3. The summed E-state index contributed by atoms with van der Waals surface area (Å²) in [6, 6.07) is 6.48. The van der Waals surface area contributed by atoms with E-state index in [0.29, 0.717) is 5.92 Å². The molecular formula is C36H57BrN2O. The maximum atomic E-state index is 6.70. The zero-order chi connectivity index (χ0) is 29.5. The Kier molecular flexibility index (Phi) is 12.1. The molecule has 2 fully saturated rings. The van der Waals surface area contributed by atoms with Gasteiger partial charge in [-0.05, 0) is 95.4 Å². The highest BCUT2D eigenvalue weighted by molar-refractivity contribution is 9.10. The average Bonchev–Trinajstić information content (AvgIpc) is 2.86. The number of hydrogen-bond donors (Lipinski definition) is 0. The van der Waals surface area contributed by atoms with Crippen LogP contribution in [0.4, 0.5) is 5.69 Å².